The highest BCUT2D eigenvalue weighted by Crippen LogP contribution is 2.39. The van der Waals surface area contributed by atoms with Crippen molar-refractivity contribution in [3.05, 3.63) is 204 Å². The Morgan fingerprint density at radius 3 is 1.18 bits per heavy atom. The lowest BCUT2D eigenvalue weighted by molar-refractivity contribution is -0.170. The van der Waals surface area contributed by atoms with Crippen LogP contribution in [-0.4, -0.2) is 77.9 Å². The largest absolute Gasteiger partial charge is 0.508 e. The summed E-state index contributed by atoms with van der Waals surface area (Å²) in [5.74, 6) is -0.438. The minimum atomic E-state index is -4.70. The van der Waals surface area contributed by atoms with E-state index in [2.05, 4.69) is 45.0 Å². The van der Waals surface area contributed by atoms with E-state index in [0.29, 0.717) is 34.8 Å². The van der Waals surface area contributed by atoms with Crippen molar-refractivity contribution in [2.45, 2.75) is 288 Å². The second-order valence-corrected chi connectivity index (χ2v) is 34.0. The van der Waals surface area contributed by atoms with Gasteiger partial charge in [0.05, 0.1) is 49.2 Å². The van der Waals surface area contributed by atoms with E-state index in [1.807, 2.05) is 112 Å². The maximum Gasteiger partial charge on any atom is 0.318 e. The van der Waals surface area contributed by atoms with Gasteiger partial charge in [-0.05, 0) is 237 Å². The Morgan fingerprint density at radius 2 is 0.795 bits per heavy atom. The fraction of sp³-hybridized carbons (Fsp3) is 0.484. The number of carbonyl (C=O) groups is 5. The molecule has 3 atom stereocenters. The molecule has 2 aliphatic rings. The van der Waals surface area contributed by atoms with Gasteiger partial charge in [-0.1, -0.05) is 228 Å². The molecule has 3 unspecified atom stereocenters. The topological polar surface area (TPSA) is 257 Å². The number of hydrogen-bond donors (Lipinski definition) is 1. The lowest BCUT2D eigenvalue weighted by Crippen LogP contribution is -2.37. The number of ether oxygens (including phenoxy) is 4. The molecule has 2 amide bonds. The van der Waals surface area contributed by atoms with Crippen LogP contribution in [-0.2, 0) is 56.0 Å². The SMILES string of the molecule is C.C.C.C.C.C.C.C.C.C.C.CCC(C)(C)C(=O)OC(C)c1ccc(-c2ccccc2)cc1.CCC(C)(C)C(=O)Oc1ccc(S(=O)(=O)S(=O)(=O)c2ccc(OC)cc2)cc1.CCC(C)c1ccc(O)cc1.CCC(C)c1ccc(S(=O)(=O)ON2C(=O)c3ccccc3C2=O)cc1.CCC1(OC(=O)C(C)(C)CC)CCCC1. The van der Waals surface area contributed by atoms with E-state index < -0.39 is 61.4 Å². The van der Waals surface area contributed by atoms with Crippen LogP contribution in [0.1, 0.15) is 305 Å². The highest BCUT2D eigenvalue weighted by molar-refractivity contribution is 8.67. The lowest BCUT2D eigenvalue weighted by atomic mass is 9.89. The molecule has 7 aromatic carbocycles. The molecule has 0 spiro atoms. The molecule has 1 heterocycles. The van der Waals surface area contributed by atoms with Crippen molar-refractivity contribution in [1.82, 2.24) is 5.06 Å². The fourth-order valence-corrected chi connectivity index (χ4v) is 14.3. The summed E-state index contributed by atoms with van der Waals surface area (Å²) in [6.45, 7) is 29.6. The molecule has 112 heavy (non-hydrogen) atoms. The van der Waals surface area contributed by atoms with Crippen molar-refractivity contribution in [2.24, 2.45) is 16.2 Å². The van der Waals surface area contributed by atoms with Gasteiger partial charge >= 0.3 is 28.0 Å². The second kappa shape index (κ2) is 51.3. The van der Waals surface area contributed by atoms with Gasteiger partial charge in [-0.25, -0.2) is 16.8 Å². The quantitative estimate of drug-likeness (QED) is 0.0270. The normalized spacial score (nSPS) is 13.0. The summed E-state index contributed by atoms with van der Waals surface area (Å²) in [6, 6.07) is 47.9. The predicted octanol–water partition coefficient (Wildman–Crippen LogP) is 25.3. The van der Waals surface area contributed by atoms with Crippen LogP contribution in [0.15, 0.2) is 191 Å². The minimum Gasteiger partial charge on any atom is -0.508 e. The highest BCUT2D eigenvalue weighted by Gasteiger charge is 2.42. The summed E-state index contributed by atoms with van der Waals surface area (Å²) in [5.41, 5.74) is 4.31. The third-order valence-corrected chi connectivity index (χ3v) is 25.2. The Hall–Kier alpha value is -8.50. The molecule has 7 aromatic rings. The number of fused-ring (bicyclic) bond motifs is 1. The molecule has 1 saturated carbocycles. The third kappa shape index (κ3) is 30.8. The van der Waals surface area contributed by atoms with Gasteiger partial charge in [-0.2, -0.15) is 8.42 Å². The van der Waals surface area contributed by atoms with Crippen LogP contribution in [0, 0.1) is 16.2 Å². The van der Waals surface area contributed by atoms with Crippen LogP contribution in [0.2, 0.25) is 0 Å². The molecule has 18 nitrogen and oxygen atoms in total. The number of carbonyl (C=O) groups excluding carboxylic acids is 5. The molecular formula is C91H145NO17S3. The average Bonchev–Trinajstić information content (AvgIpc) is 1.29. The maximum absolute atomic E-state index is 12.6. The van der Waals surface area contributed by atoms with Gasteiger partial charge < -0.3 is 24.1 Å². The second-order valence-electron chi connectivity index (χ2n) is 27.1. The average molecular weight is 1620 g/mol. The van der Waals surface area contributed by atoms with Crippen LogP contribution in [0.4, 0.5) is 0 Å². The van der Waals surface area contributed by atoms with Gasteiger partial charge in [0.2, 0.25) is 0 Å². The molecule has 0 saturated heterocycles. The Morgan fingerprint density at radius 1 is 0.446 bits per heavy atom. The van der Waals surface area contributed by atoms with Crippen molar-refractivity contribution in [3.8, 4) is 28.4 Å². The smallest absolute Gasteiger partial charge is 0.318 e. The van der Waals surface area contributed by atoms with E-state index in [-0.39, 0.29) is 137 Å². The van der Waals surface area contributed by atoms with Gasteiger partial charge in [0.15, 0.2) is 0 Å². The third-order valence-electron chi connectivity index (χ3n) is 18.9. The van der Waals surface area contributed by atoms with Crippen LogP contribution >= 0.6 is 0 Å². The number of hydrogen-bond acceptors (Lipinski definition) is 17. The Labute approximate surface area is 679 Å². The summed E-state index contributed by atoms with van der Waals surface area (Å²) in [6.07, 6.45) is 9.48. The number of rotatable bonds is 23. The zero-order chi connectivity index (χ0) is 75.3. The van der Waals surface area contributed by atoms with Crippen LogP contribution in [0.5, 0.6) is 17.2 Å². The molecule has 1 aliphatic heterocycles. The number of esters is 3. The summed E-state index contributed by atoms with van der Waals surface area (Å²) in [7, 11) is -12.2. The van der Waals surface area contributed by atoms with Crippen molar-refractivity contribution in [1.29, 1.82) is 0 Å². The lowest BCUT2D eigenvalue weighted by Gasteiger charge is -2.32. The first-order valence-corrected chi connectivity index (χ1v) is 39.2. The van der Waals surface area contributed by atoms with Crippen LogP contribution in [0.3, 0.4) is 0 Å². The maximum atomic E-state index is 12.6. The van der Waals surface area contributed by atoms with Crippen molar-refractivity contribution < 1.29 is 77.6 Å². The molecule has 21 heteroatoms. The van der Waals surface area contributed by atoms with Crippen molar-refractivity contribution in [2.75, 3.05) is 7.11 Å². The zero-order valence-corrected chi connectivity index (χ0v) is 63.6. The number of nitrogens with zero attached hydrogens (tertiary/aromatic N) is 1. The molecular weight excluding hydrogens is 1480 g/mol. The number of aromatic hydroxyl groups is 1. The molecule has 1 N–H and O–H groups in total. The molecule has 0 aromatic heterocycles. The first-order chi connectivity index (χ1) is 47.4. The van der Waals surface area contributed by atoms with E-state index in [9.17, 15) is 49.2 Å². The van der Waals surface area contributed by atoms with E-state index in [1.54, 1.807) is 50.2 Å². The number of hydroxylamine groups is 2. The highest BCUT2D eigenvalue weighted by atomic mass is 33.2. The number of benzene rings is 7. The van der Waals surface area contributed by atoms with Crippen LogP contribution < -0.4 is 9.47 Å². The zero-order valence-electron chi connectivity index (χ0n) is 61.2. The predicted molar refractivity (Wildman–Crippen MR) is 467 cm³/mol. The van der Waals surface area contributed by atoms with Crippen molar-refractivity contribution >= 4 is 57.6 Å². The molecule has 1 fully saturated rings. The summed E-state index contributed by atoms with van der Waals surface area (Å²) in [4.78, 5) is 59.8. The Kier molecular flexibility index (Phi) is 53.5. The first kappa shape index (κ1) is 117. The fourth-order valence-electron chi connectivity index (χ4n) is 9.81. The molecule has 0 bridgehead atoms. The first-order valence-electron chi connectivity index (χ1n) is 34.3. The van der Waals surface area contributed by atoms with Gasteiger partial charge in [-0.3, -0.25) is 24.0 Å². The monoisotopic (exact) mass is 1620 g/mol. The summed E-state index contributed by atoms with van der Waals surface area (Å²) in [5, 5.41) is 9.31. The number of amides is 2. The molecule has 9 rings (SSSR count). The van der Waals surface area contributed by atoms with Crippen molar-refractivity contribution in [3.63, 3.8) is 0 Å². The van der Waals surface area contributed by atoms with Gasteiger partial charge in [0, 0.05) is 0 Å². The number of methoxy groups -OCH3 is 1. The van der Waals surface area contributed by atoms with Gasteiger partial charge in [-0.15, -0.1) is 9.35 Å². The summed E-state index contributed by atoms with van der Waals surface area (Å²) < 4.78 is 102. The van der Waals surface area contributed by atoms with E-state index in [4.69, 9.17) is 28.3 Å². The van der Waals surface area contributed by atoms with Gasteiger partial charge in [0.25, 0.3) is 29.6 Å². The number of phenols is 1. The molecule has 0 radical (unpaired) electrons. The van der Waals surface area contributed by atoms with Crippen LogP contribution in [0.25, 0.3) is 11.1 Å². The van der Waals surface area contributed by atoms with E-state index >= 15 is 0 Å². The number of phenolic OH excluding ortho intramolecular Hbond substituents is 1. The molecule has 1 aliphatic carbocycles. The Bertz CT molecular complexity index is 4190. The minimum absolute atomic E-state index is 0. The van der Waals surface area contributed by atoms with Gasteiger partial charge in [0.1, 0.15) is 29.0 Å². The summed E-state index contributed by atoms with van der Waals surface area (Å²) >= 11 is 0. The van der Waals surface area contributed by atoms with E-state index in [0.717, 1.165) is 85.9 Å². The standard InChI is InChI=1S/C20H24O2.C19H22O7S2.C18H17NO5S.C13H24O2.C10H14O.11CH4/c1-5-20(3,4)19(21)22-15(2)16-11-13-18(14-12-16)17-9-7-6-8-10-17;1-5-19(2,3)18(20)26-15-8-12-17(13-9-15)28(23,24)27(21,22)16-10-6-14(25-4)7-11-16;1-3-12(2)13-8-10-14(11-9-13)25(22,23)24-19-17(20)15-6-4-5-7-16(15)18(19)21;1-5-12(3,4)11(14)15-13(6-2)9-7-8-10-13;1-3-8(2)9-4-6-10(11)7-5-9;;;;;;;;;;;/h6-15H,5H2,1-4H3;6-13H,5H2,1-4H3;4-12H,3H2,1-2H3;5-10H2,1-4H3;4-8,11H,3H2,1-2H3;11*1H4. The number of imide groups is 1. The molecule has 634 valence electrons. The Balaban J connectivity index is -0.000000247. The van der Waals surface area contributed by atoms with E-state index in [1.165, 1.54) is 79.6 Å².